The molecular weight excluding hydrogens is 286 g/mol. The minimum absolute atomic E-state index is 0.138. The highest BCUT2D eigenvalue weighted by Gasteiger charge is 2.23. The van der Waals surface area contributed by atoms with Crippen LogP contribution in [-0.4, -0.2) is 16.0 Å². The summed E-state index contributed by atoms with van der Waals surface area (Å²) in [6.45, 7) is 0. The second kappa shape index (κ2) is 5.58. The molecule has 0 radical (unpaired) electrons. The number of aromatic carboxylic acids is 1. The van der Waals surface area contributed by atoms with E-state index in [1.807, 2.05) is 0 Å². The smallest absolute Gasteiger partial charge is 0.335 e. The van der Waals surface area contributed by atoms with Crippen LogP contribution in [0.1, 0.15) is 10.4 Å². The van der Waals surface area contributed by atoms with E-state index in [4.69, 9.17) is 21.4 Å². The lowest BCUT2D eigenvalue weighted by Crippen LogP contribution is -2.01. The summed E-state index contributed by atoms with van der Waals surface area (Å²) in [5.74, 6) is -1.13. The summed E-state index contributed by atoms with van der Waals surface area (Å²) >= 11 is 5.88. The third kappa shape index (κ3) is 2.86. The van der Waals surface area contributed by atoms with Gasteiger partial charge in [0.2, 0.25) is 5.75 Å². The van der Waals surface area contributed by atoms with Crippen LogP contribution in [0.15, 0.2) is 42.5 Å². The lowest BCUT2D eigenvalue weighted by Gasteiger charge is -2.08. The van der Waals surface area contributed by atoms with Gasteiger partial charge in [0.05, 0.1) is 15.5 Å². The largest absolute Gasteiger partial charge is 0.478 e. The molecule has 0 aliphatic rings. The van der Waals surface area contributed by atoms with Crippen molar-refractivity contribution in [2.24, 2.45) is 0 Å². The highest BCUT2D eigenvalue weighted by molar-refractivity contribution is 6.32. The van der Waals surface area contributed by atoms with Crippen molar-refractivity contribution >= 4 is 23.3 Å². The SMILES string of the molecule is O=C(O)c1cc(Cl)c(Oc2ccccc2)c([N+](=O)[O-])c1. The molecule has 7 heteroatoms. The number of benzene rings is 2. The third-order valence-electron chi connectivity index (χ3n) is 2.43. The van der Waals surface area contributed by atoms with Crippen LogP contribution in [-0.2, 0) is 0 Å². The van der Waals surface area contributed by atoms with Gasteiger partial charge in [-0.25, -0.2) is 4.79 Å². The predicted octanol–water partition coefficient (Wildman–Crippen LogP) is 3.74. The minimum atomic E-state index is -1.30. The van der Waals surface area contributed by atoms with Gasteiger partial charge in [0.25, 0.3) is 0 Å². The van der Waals surface area contributed by atoms with Crippen molar-refractivity contribution in [2.45, 2.75) is 0 Å². The van der Waals surface area contributed by atoms with Crippen LogP contribution in [0.5, 0.6) is 11.5 Å². The van der Waals surface area contributed by atoms with Crippen molar-refractivity contribution in [1.82, 2.24) is 0 Å². The first-order valence-corrected chi connectivity index (χ1v) is 5.81. The molecule has 0 aliphatic carbocycles. The molecule has 0 aromatic heterocycles. The molecule has 2 rings (SSSR count). The van der Waals surface area contributed by atoms with Gasteiger partial charge in [-0.3, -0.25) is 10.1 Å². The number of halogens is 1. The van der Waals surface area contributed by atoms with Crippen LogP contribution in [0.2, 0.25) is 5.02 Å². The van der Waals surface area contributed by atoms with E-state index in [-0.39, 0.29) is 16.3 Å². The standard InChI is InChI=1S/C13H8ClNO5/c14-10-6-8(13(16)17)7-11(15(18)19)12(10)20-9-4-2-1-3-5-9/h1-7H,(H,16,17). The molecule has 2 aromatic carbocycles. The Morgan fingerprint density at radius 1 is 1.25 bits per heavy atom. The Hall–Kier alpha value is -2.60. The number of para-hydroxylation sites is 1. The van der Waals surface area contributed by atoms with Gasteiger partial charge in [-0.15, -0.1) is 0 Å². The van der Waals surface area contributed by atoms with Crippen LogP contribution in [0.3, 0.4) is 0 Å². The molecule has 1 N–H and O–H groups in total. The second-order valence-corrected chi connectivity index (χ2v) is 4.19. The summed E-state index contributed by atoms with van der Waals surface area (Å²) < 4.78 is 5.37. The predicted molar refractivity (Wildman–Crippen MR) is 71.6 cm³/mol. The zero-order valence-electron chi connectivity index (χ0n) is 9.95. The third-order valence-corrected chi connectivity index (χ3v) is 2.71. The van der Waals surface area contributed by atoms with E-state index in [1.54, 1.807) is 30.3 Å². The number of ether oxygens (including phenoxy) is 1. The molecule has 0 unspecified atom stereocenters. The van der Waals surface area contributed by atoms with Crippen LogP contribution < -0.4 is 4.74 Å². The zero-order chi connectivity index (χ0) is 14.7. The van der Waals surface area contributed by atoms with Crippen molar-refractivity contribution in [2.75, 3.05) is 0 Å². The molecule has 0 aliphatic heterocycles. The van der Waals surface area contributed by atoms with Crippen LogP contribution in [0.25, 0.3) is 0 Å². The van der Waals surface area contributed by atoms with Crippen molar-refractivity contribution in [3.05, 3.63) is 63.2 Å². The maximum Gasteiger partial charge on any atom is 0.335 e. The quantitative estimate of drug-likeness (QED) is 0.685. The van der Waals surface area contributed by atoms with E-state index < -0.39 is 16.6 Å². The number of nitro benzene ring substituents is 1. The fraction of sp³-hybridized carbons (Fsp3) is 0. The number of hydrogen-bond donors (Lipinski definition) is 1. The number of carboxylic acid groups (broad SMARTS) is 1. The van der Waals surface area contributed by atoms with Crippen LogP contribution in [0.4, 0.5) is 5.69 Å². The van der Waals surface area contributed by atoms with E-state index in [0.717, 1.165) is 12.1 Å². The van der Waals surface area contributed by atoms with E-state index in [9.17, 15) is 14.9 Å². The monoisotopic (exact) mass is 293 g/mol. The molecular formula is C13H8ClNO5. The first-order valence-electron chi connectivity index (χ1n) is 5.43. The van der Waals surface area contributed by atoms with Crippen molar-refractivity contribution in [1.29, 1.82) is 0 Å². The molecule has 0 bridgehead atoms. The number of rotatable bonds is 4. The summed E-state index contributed by atoms with van der Waals surface area (Å²) in [6, 6.07) is 10.4. The lowest BCUT2D eigenvalue weighted by molar-refractivity contribution is -0.385. The molecule has 0 spiro atoms. The fourth-order valence-corrected chi connectivity index (χ4v) is 1.80. The first-order chi connectivity index (χ1) is 9.49. The number of carboxylic acids is 1. The molecule has 6 nitrogen and oxygen atoms in total. The van der Waals surface area contributed by atoms with E-state index >= 15 is 0 Å². The molecule has 20 heavy (non-hydrogen) atoms. The minimum Gasteiger partial charge on any atom is -0.478 e. The Balaban J connectivity index is 2.51. The topological polar surface area (TPSA) is 89.7 Å². The molecule has 0 heterocycles. The molecule has 0 atom stereocenters. The van der Waals surface area contributed by atoms with E-state index in [2.05, 4.69) is 0 Å². The van der Waals surface area contributed by atoms with Crippen LogP contribution in [0, 0.1) is 10.1 Å². The number of hydrogen-bond acceptors (Lipinski definition) is 4. The maximum atomic E-state index is 11.0. The number of nitrogens with zero attached hydrogens (tertiary/aromatic N) is 1. The number of carbonyl (C=O) groups is 1. The summed E-state index contributed by atoms with van der Waals surface area (Å²) in [5, 5.41) is 19.7. The van der Waals surface area contributed by atoms with Gasteiger partial charge in [0.1, 0.15) is 5.75 Å². The van der Waals surface area contributed by atoms with Gasteiger partial charge in [-0.05, 0) is 18.2 Å². The summed E-state index contributed by atoms with van der Waals surface area (Å²) in [6.07, 6.45) is 0. The zero-order valence-corrected chi connectivity index (χ0v) is 10.7. The normalized spacial score (nSPS) is 10.1. The highest BCUT2D eigenvalue weighted by atomic mass is 35.5. The summed E-state index contributed by atoms with van der Waals surface area (Å²) in [4.78, 5) is 21.1. The maximum absolute atomic E-state index is 11.0. The Kier molecular flexibility index (Phi) is 3.86. The highest BCUT2D eigenvalue weighted by Crippen LogP contribution is 2.39. The van der Waals surface area contributed by atoms with Gasteiger partial charge in [-0.2, -0.15) is 0 Å². The van der Waals surface area contributed by atoms with E-state index in [1.165, 1.54) is 0 Å². The van der Waals surface area contributed by atoms with Crippen molar-refractivity contribution in [3.63, 3.8) is 0 Å². The summed E-state index contributed by atoms with van der Waals surface area (Å²) in [7, 11) is 0. The Labute approximate surface area is 118 Å². The van der Waals surface area contributed by atoms with E-state index in [0.29, 0.717) is 5.75 Å². The van der Waals surface area contributed by atoms with Gasteiger partial charge in [0.15, 0.2) is 0 Å². The van der Waals surface area contributed by atoms with Crippen LogP contribution >= 0.6 is 11.6 Å². The van der Waals surface area contributed by atoms with Gasteiger partial charge < -0.3 is 9.84 Å². The molecule has 2 aromatic rings. The summed E-state index contributed by atoms with van der Waals surface area (Å²) in [5.41, 5.74) is -0.777. The van der Waals surface area contributed by atoms with Gasteiger partial charge in [0, 0.05) is 6.07 Å². The molecule has 102 valence electrons. The Bertz CT molecular complexity index is 672. The van der Waals surface area contributed by atoms with Crippen molar-refractivity contribution < 1.29 is 19.6 Å². The Morgan fingerprint density at radius 2 is 1.90 bits per heavy atom. The Morgan fingerprint density at radius 3 is 2.45 bits per heavy atom. The second-order valence-electron chi connectivity index (χ2n) is 3.78. The number of nitro groups is 1. The fourth-order valence-electron chi connectivity index (χ4n) is 1.55. The van der Waals surface area contributed by atoms with Gasteiger partial charge >= 0.3 is 11.7 Å². The molecule has 0 amide bonds. The molecule has 0 saturated heterocycles. The molecule has 0 saturated carbocycles. The van der Waals surface area contributed by atoms with Gasteiger partial charge in [-0.1, -0.05) is 29.8 Å². The molecule has 0 fully saturated rings. The van der Waals surface area contributed by atoms with Crippen molar-refractivity contribution in [3.8, 4) is 11.5 Å². The lowest BCUT2D eigenvalue weighted by atomic mass is 10.2. The first kappa shape index (κ1) is 13.8. The average molecular weight is 294 g/mol. The average Bonchev–Trinajstić information content (AvgIpc) is 2.41.